The number of nitrogens with zero attached hydrogens (tertiary/aromatic N) is 4. The standard InChI is InChI=1S/C15H15BrClN5/c1-3-9(2)20-14-12(10-6-4-5-7-11(10)16)13(17)21-15-18-8-19-22(14)15/h4-9,20H,3H2,1-2H3. The number of anilines is 1. The topological polar surface area (TPSA) is 55.1 Å². The van der Waals surface area contributed by atoms with Crippen molar-refractivity contribution in [3.63, 3.8) is 0 Å². The summed E-state index contributed by atoms with van der Waals surface area (Å²) in [6.45, 7) is 4.23. The van der Waals surface area contributed by atoms with Crippen LogP contribution in [0, 0.1) is 0 Å². The Hall–Kier alpha value is -1.66. The highest BCUT2D eigenvalue weighted by Crippen LogP contribution is 2.38. The van der Waals surface area contributed by atoms with Crippen LogP contribution >= 0.6 is 27.5 Å². The number of benzene rings is 1. The summed E-state index contributed by atoms with van der Waals surface area (Å²) in [5.74, 6) is 1.28. The van der Waals surface area contributed by atoms with Gasteiger partial charge in [0.2, 0.25) is 0 Å². The summed E-state index contributed by atoms with van der Waals surface area (Å²) in [5, 5.41) is 8.14. The average Bonchev–Trinajstić information content (AvgIpc) is 2.96. The van der Waals surface area contributed by atoms with Gasteiger partial charge in [-0.15, -0.1) is 0 Å². The first kappa shape index (κ1) is 15.2. The minimum atomic E-state index is 0.270. The number of nitrogens with one attached hydrogen (secondary N) is 1. The Balaban J connectivity index is 2.30. The molecule has 7 heteroatoms. The van der Waals surface area contributed by atoms with Crippen molar-refractivity contribution < 1.29 is 0 Å². The number of halogens is 2. The molecule has 0 spiro atoms. The molecule has 0 bridgehead atoms. The SMILES string of the molecule is CCC(C)Nc1c(-c2ccccc2Br)c(Cl)nc2ncnn12. The highest BCUT2D eigenvalue weighted by Gasteiger charge is 2.19. The van der Waals surface area contributed by atoms with E-state index in [1.807, 2.05) is 24.3 Å². The molecule has 3 aromatic rings. The molecule has 2 heterocycles. The fourth-order valence-electron chi connectivity index (χ4n) is 2.19. The van der Waals surface area contributed by atoms with E-state index in [4.69, 9.17) is 11.6 Å². The van der Waals surface area contributed by atoms with Crippen LogP contribution in [0.15, 0.2) is 35.1 Å². The lowest BCUT2D eigenvalue weighted by molar-refractivity contribution is 0.749. The van der Waals surface area contributed by atoms with Crippen molar-refractivity contribution in [1.29, 1.82) is 0 Å². The van der Waals surface area contributed by atoms with Crippen molar-refractivity contribution in [3.8, 4) is 11.1 Å². The largest absolute Gasteiger partial charge is 0.367 e. The molecule has 0 amide bonds. The van der Waals surface area contributed by atoms with Gasteiger partial charge in [0.1, 0.15) is 17.3 Å². The minimum Gasteiger partial charge on any atom is -0.367 e. The summed E-state index contributed by atoms with van der Waals surface area (Å²) in [6, 6.07) is 8.17. The number of rotatable bonds is 4. The molecule has 1 atom stereocenters. The van der Waals surface area contributed by atoms with E-state index in [1.165, 1.54) is 6.33 Å². The third kappa shape index (κ3) is 2.68. The predicted molar refractivity (Wildman–Crippen MR) is 92.3 cm³/mol. The molecule has 0 fully saturated rings. The Morgan fingerprint density at radius 2 is 2.14 bits per heavy atom. The van der Waals surface area contributed by atoms with E-state index in [1.54, 1.807) is 4.52 Å². The van der Waals surface area contributed by atoms with Crippen LogP contribution in [0.2, 0.25) is 5.15 Å². The molecular formula is C15H15BrClN5. The first-order valence-corrected chi connectivity index (χ1v) is 8.19. The number of hydrogen-bond donors (Lipinski definition) is 1. The quantitative estimate of drug-likeness (QED) is 0.681. The zero-order valence-corrected chi connectivity index (χ0v) is 14.6. The smallest absolute Gasteiger partial charge is 0.255 e. The summed E-state index contributed by atoms with van der Waals surface area (Å²) >= 11 is 10.0. The van der Waals surface area contributed by atoms with E-state index >= 15 is 0 Å². The van der Waals surface area contributed by atoms with Crippen molar-refractivity contribution in [2.75, 3.05) is 5.32 Å². The summed E-state index contributed by atoms with van der Waals surface area (Å²) in [7, 11) is 0. The second kappa shape index (κ2) is 6.22. The van der Waals surface area contributed by atoms with E-state index < -0.39 is 0 Å². The van der Waals surface area contributed by atoms with Gasteiger partial charge in [0.25, 0.3) is 5.78 Å². The van der Waals surface area contributed by atoms with Gasteiger partial charge in [-0.3, -0.25) is 0 Å². The highest BCUT2D eigenvalue weighted by molar-refractivity contribution is 9.10. The number of fused-ring (bicyclic) bond motifs is 1. The molecule has 5 nitrogen and oxygen atoms in total. The molecule has 0 radical (unpaired) electrons. The third-order valence-electron chi connectivity index (χ3n) is 3.52. The average molecular weight is 381 g/mol. The van der Waals surface area contributed by atoms with Crippen molar-refractivity contribution >= 4 is 39.1 Å². The maximum atomic E-state index is 6.45. The van der Waals surface area contributed by atoms with Crippen LogP contribution in [0.5, 0.6) is 0 Å². The maximum Gasteiger partial charge on any atom is 0.255 e. The molecule has 0 saturated heterocycles. The molecule has 1 aromatic carbocycles. The van der Waals surface area contributed by atoms with Crippen molar-refractivity contribution in [1.82, 2.24) is 19.6 Å². The van der Waals surface area contributed by atoms with Gasteiger partial charge in [0.15, 0.2) is 0 Å². The number of hydrogen-bond acceptors (Lipinski definition) is 4. The molecule has 0 aliphatic rings. The molecule has 2 aromatic heterocycles. The first-order valence-electron chi connectivity index (χ1n) is 7.02. The van der Waals surface area contributed by atoms with E-state index in [0.717, 1.165) is 27.8 Å². The summed E-state index contributed by atoms with van der Waals surface area (Å²) in [5.41, 5.74) is 1.77. The molecule has 22 heavy (non-hydrogen) atoms. The fourth-order valence-corrected chi connectivity index (χ4v) is 2.94. The van der Waals surface area contributed by atoms with Gasteiger partial charge in [-0.25, -0.2) is 0 Å². The Morgan fingerprint density at radius 3 is 2.86 bits per heavy atom. The van der Waals surface area contributed by atoms with Gasteiger partial charge in [0, 0.05) is 16.1 Å². The van der Waals surface area contributed by atoms with Crippen LogP contribution in [0.4, 0.5) is 5.82 Å². The van der Waals surface area contributed by atoms with Crippen molar-refractivity contribution in [2.45, 2.75) is 26.3 Å². The molecule has 3 rings (SSSR count). The van der Waals surface area contributed by atoms with E-state index in [-0.39, 0.29) is 6.04 Å². The van der Waals surface area contributed by atoms with Gasteiger partial charge in [-0.05, 0) is 19.4 Å². The highest BCUT2D eigenvalue weighted by atomic mass is 79.9. The fraction of sp³-hybridized carbons (Fsp3) is 0.267. The lowest BCUT2D eigenvalue weighted by Gasteiger charge is -2.19. The zero-order valence-electron chi connectivity index (χ0n) is 12.2. The molecular weight excluding hydrogens is 366 g/mol. The first-order chi connectivity index (χ1) is 10.6. The second-order valence-corrected chi connectivity index (χ2v) is 6.24. The Bertz CT molecular complexity index is 817. The maximum absolute atomic E-state index is 6.45. The summed E-state index contributed by atoms with van der Waals surface area (Å²) < 4.78 is 2.64. The monoisotopic (exact) mass is 379 g/mol. The van der Waals surface area contributed by atoms with Gasteiger partial charge in [0.05, 0.1) is 5.56 Å². The molecule has 114 valence electrons. The molecule has 1 unspecified atom stereocenters. The Kier molecular flexibility index (Phi) is 4.31. The minimum absolute atomic E-state index is 0.270. The van der Waals surface area contributed by atoms with Crippen LogP contribution < -0.4 is 5.32 Å². The van der Waals surface area contributed by atoms with Crippen LogP contribution in [0.3, 0.4) is 0 Å². The van der Waals surface area contributed by atoms with Crippen LogP contribution in [0.25, 0.3) is 16.9 Å². The zero-order chi connectivity index (χ0) is 15.7. The van der Waals surface area contributed by atoms with Crippen molar-refractivity contribution in [3.05, 3.63) is 40.2 Å². The molecule has 0 saturated carbocycles. The Morgan fingerprint density at radius 1 is 1.36 bits per heavy atom. The predicted octanol–water partition coefficient (Wildman–Crippen LogP) is 4.42. The van der Waals surface area contributed by atoms with E-state index in [9.17, 15) is 0 Å². The van der Waals surface area contributed by atoms with Gasteiger partial charge < -0.3 is 5.32 Å². The second-order valence-electron chi connectivity index (χ2n) is 5.03. The Labute approximate surface area is 141 Å². The van der Waals surface area contributed by atoms with E-state index in [0.29, 0.717) is 10.9 Å². The molecule has 0 aliphatic heterocycles. The normalized spacial score (nSPS) is 12.5. The lowest BCUT2D eigenvalue weighted by atomic mass is 10.1. The van der Waals surface area contributed by atoms with Crippen LogP contribution in [-0.4, -0.2) is 25.6 Å². The molecule has 1 N–H and O–H groups in total. The third-order valence-corrected chi connectivity index (χ3v) is 4.49. The van der Waals surface area contributed by atoms with Crippen LogP contribution in [0.1, 0.15) is 20.3 Å². The van der Waals surface area contributed by atoms with Gasteiger partial charge >= 0.3 is 0 Å². The van der Waals surface area contributed by atoms with E-state index in [2.05, 4.69) is 50.2 Å². The van der Waals surface area contributed by atoms with Crippen molar-refractivity contribution in [2.24, 2.45) is 0 Å². The lowest BCUT2D eigenvalue weighted by Crippen LogP contribution is -2.18. The van der Waals surface area contributed by atoms with Gasteiger partial charge in [-0.2, -0.15) is 19.6 Å². The number of aromatic nitrogens is 4. The molecule has 0 aliphatic carbocycles. The summed E-state index contributed by atoms with van der Waals surface area (Å²) in [6.07, 6.45) is 2.45. The van der Waals surface area contributed by atoms with Gasteiger partial charge in [-0.1, -0.05) is 52.7 Å². The van der Waals surface area contributed by atoms with Crippen LogP contribution in [-0.2, 0) is 0 Å². The summed E-state index contributed by atoms with van der Waals surface area (Å²) in [4.78, 5) is 8.48.